The van der Waals surface area contributed by atoms with Crippen LogP contribution in [-0.4, -0.2) is 184 Å². The Morgan fingerprint density at radius 3 is 1.34 bits per heavy atom. The summed E-state index contributed by atoms with van der Waals surface area (Å²) in [5.41, 5.74) is 13.1. The van der Waals surface area contributed by atoms with Gasteiger partial charge in [-0.2, -0.15) is 0 Å². The first-order chi connectivity index (χ1) is 55.9. The number of carbonyl (C=O) groups is 5. The molecule has 10 aromatic rings. The standard InChI is InChI=1S/C45H49N5O7.C34H37N3O5.C11H12N2O3.ClH/c51-38-15-13-36(37-14-16-41(53)47-43(37)38)39(52)25-46-24-29-9-11-32(12-10-29)44(54)50-21-17-30(18-22-50)28-56-35-8-4-7-33(23-35)42(31-5-2-1-3-6-31)48-45(55)57-40-27-49-20-19-34(40)26-49;38-22-24-9-11-27(12-10-24)33(39)37-17-13-25(14-18-37)23-41-30-8-4-7-28(19-30)32(26-5-2-1-3-6-26)35-34(40)42-31-21-36-16-15-29(31)20-36;12-5-9(15)6-1-3-8(14)11-7(6)2-4-10(16)13-11;/h1-16,23,30,34,39-40,42,46,51-52H,17-22,24-28H2,(H,47,53)(H,48,55);1-12,19,22,25,29,31-32H,13-18,20-21,23H2,(H,35,40);1-4,9,14-15H,5,12H2,(H,13,16);1H/t34?,39-,40?,42-;29?,31-,32-;9-;/m000./s1. The molecule has 8 aromatic carbocycles. The quantitative estimate of drug-likeness (QED) is 0.0251. The summed E-state index contributed by atoms with van der Waals surface area (Å²) in [6, 6.07) is 61.1. The molecular formula is C90H99ClN10O15. The number of aromatic amines is 2. The summed E-state index contributed by atoms with van der Waals surface area (Å²) in [7, 11) is 0. The fourth-order valence-corrected chi connectivity index (χ4v) is 16.5. The molecule has 0 spiro atoms. The number of pyridine rings is 2. The molecule has 0 aliphatic carbocycles. The minimum Gasteiger partial charge on any atom is -0.506 e. The minimum absolute atomic E-state index is 0. The number of aliphatic hydroxyl groups is 2. The van der Waals surface area contributed by atoms with E-state index in [1.807, 2.05) is 143 Å². The van der Waals surface area contributed by atoms with Crippen LogP contribution in [0.3, 0.4) is 0 Å². The molecule has 6 aliphatic heterocycles. The van der Waals surface area contributed by atoms with E-state index in [1.165, 1.54) is 24.3 Å². The van der Waals surface area contributed by atoms with Crippen LogP contribution in [-0.2, 0) is 16.0 Å². The second kappa shape index (κ2) is 38.8. The van der Waals surface area contributed by atoms with Gasteiger partial charge in [0.15, 0.2) is 0 Å². The molecule has 6 saturated heterocycles. The van der Waals surface area contributed by atoms with E-state index in [1.54, 1.807) is 48.5 Å². The average Bonchev–Trinajstić information content (AvgIpc) is 1.09. The number of phenolic OH excluding ortho intramolecular Hbond substituents is 2. The van der Waals surface area contributed by atoms with Gasteiger partial charge in [-0.1, -0.05) is 121 Å². The SMILES string of the molecule is Cl.NC[C@H](O)c1ccc(O)c2[nH]c(=O)ccc12.O=C(N[C@@H](c1ccccc1)c1cccc(OCC2CCN(C(=O)c3ccc(CNC[C@H](O)c4ccc(O)c5[nH]c(=O)ccc45)cc3)CC2)c1)OC1CN2CCC1C2.O=Cc1ccc(C(=O)N2CCC(COc3cccc([C@@H](NC(=O)O[C@H]4CN5CCC4C5)c4ccccc4)c3)CC2)cc1. The summed E-state index contributed by atoms with van der Waals surface area (Å²) in [6.45, 7) is 10.4. The van der Waals surface area contributed by atoms with E-state index in [0.29, 0.717) is 119 Å². The summed E-state index contributed by atoms with van der Waals surface area (Å²) in [5.74, 6) is 2.90. The van der Waals surface area contributed by atoms with Crippen molar-refractivity contribution in [1.82, 2.24) is 45.5 Å². The number of nitrogens with one attached hydrogen (secondary N) is 5. The first kappa shape index (κ1) is 82.6. The van der Waals surface area contributed by atoms with E-state index in [-0.39, 0.29) is 84.2 Å². The number of H-pyrrole nitrogens is 2. The number of nitrogens with zero attached hydrogens (tertiary/aromatic N) is 4. The van der Waals surface area contributed by atoms with Crippen molar-refractivity contribution in [3.05, 3.63) is 283 Å². The fraction of sp³-hybridized carbons (Fsp3) is 0.344. The number of hydrogen-bond acceptors (Lipinski definition) is 19. The van der Waals surface area contributed by atoms with Crippen LogP contribution in [0.25, 0.3) is 21.8 Å². The highest BCUT2D eigenvalue weighted by molar-refractivity contribution is 5.95. The number of piperidine rings is 4. The lowest BCUT2D eigenvalue weighted by atomic mass is 9.97. The summed E-state index contributed by atoms with van der Waals surface area (Å²) in [5, 5.41) is 51.0. The number of benzene rings is 8. The number of phenols is 2. The Balaban J connectivity index is 0.000000173. The van der Waals surface area contributed by atoms with Crippen LogP contribution < -0.4 is 42.3 Å². The Kier molecular flexibility index (Phi) is 27.6. The minimum atomic E-state index is -0.861. The predicted octanol–water partition coefficient (Wildman–Crippen LogP) is 11.1. The smallest absolute Gasteiger partial charge is 0.408 e. The maximum Gasteiger partial charge on any atom is 0.408 e. The van der Waals surface area contributed by atoms with Crippen LogP contribution in [0, 0.1) is 23.7 Å². The average molecular weight is 1600 g/mol. The number of amides is 4. The number of hydrogen-bond donors (Lipinski definition) is 10. The Bertz CT molecular complexity index is 5140. The molecule has 0 radical (unpaired) electrons. The van der Waals surface area contributed by atoms with Crippen LogP contribution in [0.1, 0.15) is 133 Å². The van der Waals surface area contributed by atoms with Gasteiger partial charge in [-0.3, -0.25) is 33.8 Å². The zero-order chi connectivity index (χ0) is 79.9. The van der Waals surface area contributed by atoms with Crippen molar-refractivity contribution >= 4 is 64.5 Å². The van der Waals surface area contributed by atoms with Crippen molar-refractivity contribution in [3.8, 4) is 23.0 Å². The molecule has 2 aromatic heterocycles. The second-order valence-corrected chi connectivity index (χ2v) is 30.6. The first-order valence-corrected chi connectivity index (χ1v) is 39.6. The van der Waals surface area contributed by atoms with E-state index in [0.717, 1.165) is 123 Å². The Labute approximate surface area is 678 Å². The van der Waals surface area contributed by atoms with Crippen molar-refractivity contribution in [2.45, 2.75) is 81.6 Å². The molecule has 26 heteroatoms. The molecule has 5 unspecified atom stereocenters. The van der Waals surface area contributed by atoms with Gasteiger partial charge in [0.25, 0.3) is 11.8 Å². The largest absolute Gasteiger partial charge is 0.506 e. The summed E-state index contributed by atoms with van der Waals surface area (Å²) in [4.78, 5) is 99.8. The van der Waals surface area contributed by atoms with Gasteiger partial charge < -0.3 is 80.8 Å². The van der Waals surface area contributed by atoms with Crippen LogP contribution in [0.5, 0.6) is 23.0 Å². The number of halogens is 1. The van der Waals surface area contributed by atoms with Crippen LogP contribution in [0.4, 0.5) is 9.59 Å². The van der Waals surface area contributed by atoms with Gasteiger partial charge in [-0.05, 0) is 175 Å². The molecule has 10 atom stereocenters. The van der Waals surface area contributed by atoms with Gasteiger partial charge in [0, 0.05) is 123 Å². The molecule has 8 heterocycles. The second-order valence-electron chi connectivity index (χ2n) is 30.6. The number of fused-ring (bicyclic) bond motifs is 6. The molecule has 25 nitrogen and oxygen atoms in total. The zero-order valence-electron chi connectivity index (χ0n) is 64.4. The summed E-state index contributed by atoms with van der Waals surface area (Å²) in [6.07, 6.45) is 3.75. The molecule has 4 amide bonds. The molecule has 16 rings (SSSR count). The van der Waals surface area contributed by atoms with Crippen LogP contribution in [0.2, 0.25) is 0 Å². The molecular weight excluding hydrogens is 1500 g/mol. The predicted molar refractivity (Wildman–Crippen MR) is 442 cm³/mol. The molecule has 4 bridgehead atoms. The summed E-state index contributed by atoms with van der Waals surface area (Å²) >= 11 is 0. The van der Waals surface area contributed by atoms with E-state index in [9.17, 15) is 54.0 Å². The fourth-order valence-electron chi connectivity index (χ4n) is 16.5. The Morgan fingerprint density at radius 1 is 0.491 bits per heavy atom. The molecule has 6 aliphatic rings. The number of rotatable bonds is 24. The van der Waals surface area contributed by atoms with Crippen molar-refractivity contribution in [3.63, 3.8) is 0 Å². The number of aromatic nitrogens is 2. The maximum absolute atomic E-state index is 13.4. The van der Waals surface area contributed by atoms with E-state index in [2.05, 4.69) is 35.7 Å². The zero-order valence-corrected chi connectivity index (χ0v) is 65.2. The van der Waals surface area contributed by atoms with Crippen molar-refractivity contribution in [2.75, 3.05) is 91.8 Å². The lowest BCUT2D eigenvalue weighted by Gasteiger charge is -2.32. The van der Waals surface area contributed by atoms with Crippen molar-refractivity contribution < 1.29 is 63.3 Å². The lowest BCUT2D eigenvalue weighted by molar-refractivity contribution is 0.0654. The number of aliphatic hydroxyl groups excluding tert-OH is 2. The highest BCUT2D eigenvalue weighted by Crippen LogP contribution is 2.36. The van der Waals surface area contributed by atoms with E-state index < -0.39 is 24.4 Å². The molecule has 11 N–H and O–H groups in total. The van der Waals surface area contributed by atoms with Gasteiger partial charge in [0.05, 0.1) is 48.5 Å². The number of ether oxygens (including phenoxy) is 4. The number of likely N-dealkylation sites (tertiary alicyclic amines) is 2. The topological polar surface area (TPSA) is 344 Å². The molecule has 116 heavy (non-hydrogen) atoms. The van der Waals surface area contributed by atoms with Crippen LogP contribution in [0.15, 0.2) is 216 Å². The third kappa shape index (κ3) is 20.6. The van der Waals surface area contributed by atoms with Crippen molar-refractivity contribution in [2.24, 2.45) is 29.4 Å². The van der Waals surface area contributed by atoms with E-state index in [4.69, 9.17) is 24.7 Å². The number of aldehydes is 1. The maximum atomic E-state index is 13.4. The monoisotopic (exact) mass is 1590 g/mol. The summed E-state index contributed by atoms with van der Waals surface area (Å²) < 4.78 is 24.3. The third-order valence-electron chi connectivity index (χ3n) is 22.9. The van der Waals surface area contributed by atoms with Gasteiger partial charge in [0.2, 0.25) is 11.1 Å². The first-order valence-electron chi connectivity index (χ1n) is 39.6. The van der Waals surface area contributed by atoms with Gasteiger partial charge in [-0.15, -0.1) is 12.4 Å². The molecule has 606 valence electrons. The lowest BCUT2D eigenvalue weighted by Crippen LogP contribution is -2.39. The van der Waals surface area contributed by atoms with Crippen molar-refractivity contribution in [1.29, 1.82) is 0 Å². The number of aromatic hydroxyl groups is 2. The third-order valence-corrected chi connectivity index (χ3v) is 22.9. The highest BCUT2D eigenvalue weighted by atomic mass is 35.5. The van der Waals surface area contributed by atoms with Crippen LogP contribution >= 0.6 is 12.4 Å². The number of carbonyl (C=O) groups excluding carboxylic acids is 5. The Hall–Kier alpha value is -11.4. The van der Waals surface area contributed by atoms with Gasteiger partial charge >= 0.3 is 12.2 Å². The molecule has 0 saturated carbocycles. The van der Waals surface area contributed by atoms with Gasteiger partial charge in [-0.25, -0.2) is 9.59 Å². The normalized spacial score (nSPS) is 19.9. The highest BCUT2D eigenvalue weighted by Gasteiger charge is 2.42. The number of nitrogens with two attached hydrogens (primary N) is 1. The molecule has 6 fully saturated rings. The Morgan fingerprint density at radius 2 is 0.922 bits per heavy atom. The van der Waals surface area contributed by atoms with E-state index >= 15 is 0 Å². The van der Waals surface area contributed by atoms with Gasteiger partial charge in [0.1, 0.15) is 41.5 Å². The number of alkyl carbamates (subject to hydrolysis) is 2.